The maximum atomic E-state index is 12.5. The fourth-order valence-electron chi connectivity index (χ4n) is 3.76. The van der Waals surface area contributed by atoms with Crippen LogP contribution >= 0.6 is 0 Å². The number of fused-ring (bicyclic) bond motifs is 1. The molecule has 3 aromatic rings. The van der Waals surface area contributed by atoms with Gasteiger partial charge in [0, 0.05) is 55.6 Å². The second kappa shape index (κ2) is 8.25. The second-order valence-electron chi connectivity index (χ2n) is 7.10. The van der Waals surface area contributed by atoms with Crippen molar-refractivity contribution < 1.29 is 9.53 Å². The Morgan fingerprint density at radius 2 is 2.04 bits per heavy atom. The van der Waals surface area contributed by atoms with E-state index in [4.69, 9.17) is 4.74 Å². The summed E-state index contributed by atoms with van der Waals surface area (Å²) in [5.41, 5.74) is 2.46. The fraction of sp³-hybridized carbons (Fsp3) is 0.364. The molecule has 0 bridgehead atoms. The van der Waals surface area contributed by atoms with Gasteiger partial charge in [0.2, 0.25) is 5.91 Å². The molecule has 0 aliphatic carbocycles. The fourth-order valence-corrected chi connectivity index (χ4v) is 3.76. The Hall–Kier alpha value is -2.82. The summed E-state index contributed by atoms with van der Waals surface area (Å²) in [6.07, 6.45) is 9.89. The first-order chi connectivity index (χ1) is 13.3. The van der Waals surface area contributed by atoms with Gasteiger partial charge in [0.1, 0.15) is 11.9 Å². The van der Waals surface area contributed by atoms with Crippen LogP contribution in [0.1, 0.15) is 31.2 Å². The summed E-state index contributed by atoms with van der Waals surface area (Å²) in [6, 6.07) is 12.1. The number of aryl methyl sites for hydroxylation is 1. The van der Waals surface area contributed by atoms with Gasteiger partial charge in [0.15, 0.2) is 0 Å². The molecular weight excluding hydrogens is 338 g/mol. The summed E-state index contributed by atoms with van der Waals surface area (Å²) in [5.74, 6) is 1.07. The van der Waals surface area contributed by atoms with Crippen molar-refractivity contribution in [1.82, 2.24) is 14.9 Å². The Morgan fingerprint density at radius 1 is 1.19 bits per heavy atom. The topological polar surface area (TPSA) is 58.2 Å². The molecule has 4 rings (SSSR count). The van der Waals surface area contributed by atoms with Crippen molar-refractivity contribution in [1.29, 1.82) is 0 Å². The predicted molar refractivity (Wildman–Crippen MR) is 106 cm³/mol. The summed E-state index contributed by atoms with van der Waals surface area (Å²) in [5, 5.41) is 1.26. The normalized spacial score (nSPS) is 15.2. The summed E-state index contributed by atoms with van der Waals surface area (Å²) in [4.78, 5) is 21.9. The molecule has 1 aliphatic heterocycles. The monoisotopic (exact) mass is 363 g/mol. The highest BCUT2D eigenvalue weighted by atomic mass is 16.5. The van der Waals surface area contributed by atoms with Gasteiger partial charge in [-0.15, -0.1) is 0 Å². The van der Waals surface area contributed by atoms with Crippen LogP contribution in [0.4, 0.5) is 0 Å². The Labute approximate surface area is 159 Å². The molecule has 0 saturated carbocycles. The van der Waals surface area contributed by atoms with Crippen LogP contribution in [0.5, 0.6) is 5.75 Å². The third kappa shape index (κ3) is 4.30. The molecule has 1 aromatic carbocycles. The molecule has 3 heterocycles. The van der Waals surface area contributed by atoms with Crippen LogP contribution in [0.15, 0.2) is 55.0 Å². The average Bonchev–Trinajstić information content (AvgIpc) is 3.12. The zero-order chi connectivity index (χ0) is 18.5. The van der Waals surface area contributed by atoms with Crippen LogP contribution in [0.3, 0.4) is 0 Å². The zero-order valence-electron chi connectivity index (χ0n) is 15.4. The highest BCUT2D eigenvalue weighted by Crippen LogP contribution is 2.21. The minimum atomic E-state index is 0.171. The quantitative estimate of drug-likeness (QED) is 0.721. The summed E-state index contributed by atoms with van der Waals surface area (Å²) < 4.78 is 5.95. The number of rotatable bonds is 6. The SMILES string of the molecule is O=C(CCCc1c[nH]c2ccccc12)N1CCC(Oc2cccnc2)CC1. The lowest BCUT2D eigenvalue weighted by Crippen LogP contribution is -2.41. The van der Waals surface area contributed by atoms with Crippen LogP contribution in [-0.4, -0.2) is 40.0 Å². The van der Waals surface area contributed by atoms with Gasteiger partial charge in [0.25, 0.3) is 0 Å². The maximum Gasteiger partial charge on any atom is 0.222 e. The number of H-pyrrole nitrogens is 1. The molecule has 2 aromatic heterocycles. The summed E-state index contributed by atoms with van der Waals surface area (Å²) in [7, 11) is 0. The number of piperidine rings is 1. The van der Waals surface area contributed by atoms with Crippen molar-refractivity contribution in [3.05, 3.63) is 60.6 Å². The van der Waals surface area contributed by atoms with Crippen molar-refractivity contribution >= 4 is 16.8 Å². The lowest BCUT2D eigenvalue weighted by atomic mass is 10.0. The third-order valence-electron chi connectivity index (χ3n) is 5.24. The second-order valence-corrected chi connectivity index (χ2v) is 7.10. The smallest absolute Gasteiger partial charge is 0.222 e. The number of likely N-dealkylation sites (tertiary alicyclic amines) is 1. The van der Waals surface area contributed by atoms with E-state index in [0.29, 0.717) is 6.42 Å². The van der Waals surface area contributed by atoms with Crippen LogP contribution in [0.25, 0.3) is 10.9 Å². The number of hydrogen-bond donors (Lipinski definition) is 1. The Balaban J connectivity index is 1.21. The number of amides is 1. The molecular formula is C22H25N3O2. The van der Waals surface area contributed by atoms with E-state index in [9.17, 15) is 4.79 Å². The van der Waals surface area contributed by atoms with E-state index in [0.717, 1.165) is 50.0 Å². The van der Waals surface area contributed by atoms with Gasteiger partial charge in [-0.1, -0.05) is 18.2 Å². The zero-order valence-corrected chi connectivity index (χ0v) is 15.4. The highest BCUT2D eigenvalue weighted by Gasteiger charge is 2.23. The van der Waals surface area contributed by atoms with Crippen LogP contribution in [-0.2, 0) is 11.2 Å². The molecule has 1 amide bonds. The van der Waals surface area contributed by atoms with Crippen molar-refractivity contribution in [2.75, 3.05) is 13.1 Å². The van der Waals surface area contributed by atoms with E-state index >= 15 is 0 Å². The molecule has 0 unspecified atom stereocenters. The first-order valence-electron chi connectivity index (χ1n) is 9.69. The minimum absolute atomic E-state index is 0.171. The molecule has 1 saturated heterocycles. The number of carbonyl (C=O) groups excluding carboxylic acids is 1. The Morgan fingerprint density at radius 3 is 2.85 bits per heavy atom. The van der Waals surface area contributed by atoms with Crippen LogP contribution in [0, 0.1) is 0 Å². The number of para-hydroxylation sites is 1. The molecule has 1 N–H and O–H groups in total. The number of hydrogen-bond acceptors (Lipinski definition) is 3. The number of nitrogens with zero attached hydrogens (tertiary/aromatic N) is 2. The number of aromatic amines is 1. The molecule has 0 radical (unpaired) electrons. The first kappa shape index (κ1) is 17.6. The number of carbonyl (C=O) groups is 1. The van der Waals surface area contributed by atoms with Crippen molar-refractivity contribution in [2.45, 2.75) is 38.2 Å². The molecule has 0 spiro atoms. The number of benzene rings is 1. The highest BCUT2D eigenvalue weighted by molar-refractivity contribution is 5.83. The van der Waals surface area contributed by atoms with Gasteiger partial charge in [-0.05, 0) is 36.6 Å². The summed E-state index contributed by atoms with van der Waals surface area (Å²) >= 11 is 0. The maximum absolute atomic E-state index is 12.5. The van der Waals surface area contributed by atoms with E-state index in [1.54, 1.807) is 12.4 Å². The number of nitrogens with one attached hydrogen (secondary N) is 1. The molecule has 1 fully saturated rings. The van der Waals surface area contributed by atoms with E-state index in [-0.39, 0.29) is 12.0 Å². The minimum Gasteiger partial charge on any atom is -0.489 e. The van der Waals surface area contributed by atoms with Gasteiger partial charge >= 0.3 is 0 Å². The van der Waals surface area contributed by atoms with Crippen molar-refractivity contribution in [3.63, 3.8) is 0 Å². The lowest BCUT2D eigenvalue weighted by molar-refractivity contribution is -0.133. The number of pyridine rings is 1. The first-order valence-corrected chi connectivity index (χ1v) is 9.69. The van der Waals surface area contributed by atoms with Gasteiger partial charge < -0.3 is 14.6 Å². The third-order valence-corrected chi connectivity index (χ3v) is 5.24. The Kier molecular flexibility index (Phi) is 5.37. The van der Waals surface area contributed by atoms with E-state index < -0.39 is 0 Å². The predicted octanol–water partition coefficient (Wildman–Crippen LogP) is 3.96. The van der Waals surface area contributed by atoms with Gasteiger partial charge in [0.05, 0.1) is 6.20 Å². The Bertz CT molecular complexity index is 883. The van der Waals surface area contributed by atoms with Gasteiger partial charge in [-0.2, -0.15) is 0 Å². The van der Waals surface area contributed by atoms with Crippen molar-refractivity contribution in [2.24, 2.45) is 0 Å². The molecule has 5 heteroatoms. The van der Waals surface area contributed by atoms with E-state index in [1.165, 1.54) is 10.9 Å². The average molecular weight is 363 g/mol. The molecule has 27 heavy (non-hydrogen) atoms. The standard InChI is InChI=1S/C22H25N3O2/c26-22(9-3-5-17-15-24-21-8-2-1-7-20(17)21)25-13-10-18(11-14-25)27-19-6-4-12-23-16-19/h1-2,4,6-8,12,15-16,18,24H,3,5,9-11,13-14H2. The van der Waals surface area contributed by atoms with Crippen molar-refractivity contribution in [3.8, 4) is 5.75 Å². The largest absolute Gasteiger partial charge is 0.489 e. The lowest BCUT2D eigenvalue weighted by Gasteiger charge is -2.32. The molecule has 140 valence electrons. The van der Waals surface area contributed by atoms with E-state index in [1.807, 2.05) is 23.1 Å². The molecule has 0 atom stereocenters. The van der Waals surface area contributed by atoms with Crippen LogP contribution < -0.4 is 4.74 Å². The van der Waals surface area contributed by atoms with Gasteiger partial charge in [-0.25, -0.2) is 0 Å². The van der Waals surface area contributed by atoms with E-state index in [2.05, 4.69) is 34.4 Å². The molecule has 5 nitrogen and oxygen atoms in total. The number of ether oxygens (including phenoxy) is 1. The van der Waals surface area contributed by atoms with Gasteiger partial charge in [-0.3, -0.25) is 9.78 Å². The number of aromatic nitrogens is 2. The molecule has 1 aliphatic rings. The van der Waals surface area contributed by atoms with Crippen LogP contribution in [0.2, 0.25) is 0 Å². The summed E-state index contributed by atoms with van der Waals surface area (Å²) in [6.45, 7) is 1.55.